The van der Waals surface area contributed by atoms with Crippen LogP contribution in [0.2, 0.25) is 5.02 Å². The van der Waals surface area contributed by atoms with Crippen molar-refractivity contribution in [1.82, 2.24) is 5.32 Å². The number of ether oxygens (including phenoxy) is 1. The predicted octanol–water partition coefficient (Wildman–Crippen LogP) is 3.50. The first-order chi connectivity index (χ1) is 14.4. The molecule has 0 radical (unpaired) electrons. The quantitative estimate of drug-likeness (QED) is 0.426. The lowest BCUT2D eigenvalue weighted by atomic mass is 9.99. The maximum Gasteiger partial charge on any atom is 0.241 e. The van der Waals surface area contributed by atoms with E-state index in [-0.39, 0.29) is 10.7 Å². The maximum atomic E-state index is 12.6. The number of rotatable bonds is 10. The summed E-state index contributed by atoms with van der Waals surface area (Å²) in [6.45, 7) is 2.07. The Morgan fingerprint density at radius 3 is 2.73 bits per heavy atom. The Hall–Kier alpha value is -1.93. The molecule has 2 aromatic rings. The van der Waals surface area contributed by atoms with Crippen LogP contribution in [0, 0.1) is 0 Å². The van der Waals surface area contributed by atoms with Crippen LogP contribution in [-0.4, -0.2) is 33.9 Å². The number of benzene rings is 2. The largest absolute Gasteiger partial charge is 0.492 e. The predicted molar refractivity (Wildman–Crippen MR) is 118 cm³/mol. The van der Waals surface area contributed by atoms with Crippen LogP contribution in [0.5, 0.6) is 5.75 Å². The van der Waals surface area contributed by atoms with Gasteiger partial charge in [-0.1, -0.05) is 29.8 Å². The third-order valence-corrected chi connectivity index (χ3v) is 6.42. The molecule has 2 aromatic carbocycles. The molecule has 0 saturated heterocycles. The zero-order chi connectivity index (χ0) is 21.6. The second-order valence-electron chi connectivity index (χ2n) is 7.43. The summed E-state index contributed by atoms with van der Waals surface area (Å²) in [4.78, 5) is 12.5. The third kappa shape index (κ3) is 6.04. The lowest BCUT2D eigenvalue weighted by Crippen LogP contribution is -2.19. The fraction of sp³-hybridized carbons (Fsp3) is 0.409. The minimum Gasteiger partial charge on any atom is -0.492 e. The van der Waals surface area contributed by atoms with Crippen molar-refractivity contribution in [1.29, 1.82) is 0 Å². The van der Waals surface area contributed by atoms with Gasteiger partial charge in [0, 0.05) is 17.0 Å². The molecule has 0 amide bonds. The summed E-state index contributed by atoms with van der Waals surface area (Å²) >= 11 is 6.14. The molecule has 0 aromatic heterocycles. The minimum absolute atomic E-state index is 0.0793. The normalized spacial score (nSPS) is 13.5. The van der Waals surface area contributed by atoms with Crippen LogP contribution in [0.25, 0.3) is 0 Å². The van der Waals surface area contributed by atoms with Gasteiger partial charge in [-0.05, 0) is 74.5 Å². The number of primary sulfonamides is 1. The van der Waals surface area contributed by atoms with Gasteiger partial charge in [0.1, 0.15) is 10.6 Å². The van der Waals surface area contributed by atoms with Crippen LogP contribution in [0.1, 0.15) is 47.2 Å². The molecule has 1 heterocycles. The van der Waals surface area contributed by atoms with Gasteiger partial charge in [0.05, 0.1) is 6.61 Å². The molecule has 0 bridgehead atoms. The van der Waals surface area contributed by atoms with Gasteiger partial charge in [-0.15, -0.1) is 0 Å². The molecule has 0 spiro atoms. The Balaban J connectivity index is 1.48. The number of nitrogens with two attached hydrogens (primary N) is 1. The number of Topliss-reactive ketones (excluding diaryl/α,β-unsaturated/α-hetero) is 1. The van der Waals surface area contributed by atoms with E-state index >= 15 is 0 Å². The van der Waals surface area contributed by atoms with E-state index in [1.807, 2.05) is 24.3 Å². The second kappa shape index (κ2) is 10.4. The van der Waals surface area contributed by atoms with Crippen molar-refractivity contribution in [2.75, 3.05) is 19.7 Å². The van der Waals surface area contributed by atoms with Gasteiger partial charge >= 0.3 is 0 Å². The molecule has 6 nitrogen and oxygen atoms in total. The molecule has 0 saturated carbocycles. The zero-order valence-corrected chi connectivity index (χ0v) is 18.4. The Morgan fingerprint density at radius 1 is 1.17 bits per heavy atom. The molecule has 3 rings (SSSR count). The highest BCUT2D eigenvalue weighted by Crippen LogP contribution is 2.33. The van der Waals surface area contributed by atoms with Crippen molar-refractivity contribution in [3.8, 4) is 5.75 Å². The van der Waals surface area contributed by atoms with Crippen molar-refractivity contribution in [2.24, 2.45) is 5.14 Å². The van der Waals surface area contributed by atoms with E-state index in [0.717, 1.165) is 54.9 Å². The van der Waals surface area contributed by atoms with Crippen molar-refractivity contribution in [3.05, 3.63) is 58.1 Å². The Labute approximate surface area is 182 Å². The van der Waals surface area contributed by atoms with Crippen LogP contribution >= 0.6 is 11.6 Å². The van der Waals surface area contributed by atoms with Crippen LogP contribution < -0.4 is 15.2 Å². The number of hydrogen-bond acceptors (Lipinski definition) is 5. The average molecular weight is 451 g/mol. The first kappa shape index (κ1) is 22.7. The smallest absolute Gasteiger partial charge is 0.241 e. The van der Waals surface area contributed by atoms with Gasteiger partial charge in [-0.3, -0.25) is 4.79 Å². The van der Waals surface area contributed by atoms with Crippen molar-refractivity contribution in [3.63, 3.8) is 0 Å². The lowest BCUT2D eigenvalue weighted by molar-refractivity contribution is 0.0979. The molecule has 30 heavy (non-hydrogen) atoms. The average Bonchev–Trinajstić information content (AvgIpc) is 2.72. The molecule has 0 aliphatic carbocycles. The first-order valence-corrected chi connectivity index (χ1v) is 12.1. The highest BCUT2D eigenvalue weighted by molar-refractivity contribution is 7.89. The highest BCUT2D eigenvalue weighted by Gasteiger charge is 2.24. The number of carbonyl (C=O) groups excluding carboxylic acids is 1. The van der Waals surface area contributed by atoms with E-state index in [9.17, 15) is 13.2 Å². The standard InChI is InChI=1S/C22H27ClN2O4S/c23-19-8-2-1-6-16(19)10-12-25-11-4-3-9-20(26)18-14-17-7-5-13-29-22(17)21(15-18)30(24,27)28/h1-2,6,8,14-15,25H,3-5,7,9-13H2,(H2,24,27,28). The number of carbonyl (C=O) groups is 1. The van der Waals surface area contributed by atoms with Crippen LogP contribution in [-0.2, 0) is 22.9 Å². The van der Waals surface area contributed by atoms with E-state index in [1.165, 1.54) is 6.07 Å². The molecular weight excluding hydrogens is 424 g/mol. The number of fused-ring (bicyclic) bond motifs is 1. The van der Waals surface area contributed by atoms with Gasteiger partial charge in [-0.2, -0.15) is 0 Å². The number of hydrogen-bond donors (Lipinski definition) is 2. The van der Waals surface area contributed by atoms with Crippen molar-refractivity contribution in [2.45, 2.75) is 43.4 Å². The summed E-state index contributed by atoms with van der Waals surface area (Å²) in [7, 11) is -3.96. The van der Waals surface area contributed by atoms with Crippen LogP contribution in [0.4, 0.5) is 0 Å². The van der Waals surface area contributed by atoms with Gasteiger partial charge in [0.25, 0.3) is 0 Å². The zero-order valence-electron chi connectivity index (χ0n) is 16.8. The van der Waals surface area contributed by atoms with E-state index in [4.69, 9.17) is 21.5 Å². The molecule has 0 fully saturated rings. The molecule has 0 atom stereocenters. The van der Waals surface area contributed by atoms with E-state index in [1.54, 1.807) is 6.07 Å². The van der Waals surface area contributed by atoms with Crippen LogP contribution in [0.3, 0.4) is 0 Å². The molecule has 1 aliphatic heterocycles. The maximum absolute atomic E-state index is 12.6. The number of aryl methyl sites for hydroxylation is 1. The van der Waals surface area contributed by atoms with Crippen LogP contribution in [0.15, 0.2) is 41.3 Å². The topological polar surface area (TPSA) is 98.5 Å². The highest BCUT2D eigenvalue weighted by atomic mass is 35.5. The third-order valence-electron chi connectivity index (χ3n) is 5.13. The lowest BCUT2D eigenvalue weighted by Gasteiger charge is -2.20. The molecule has 3 N–H and O–H groups in total. The number of unbranched alkanes of at least 4 members (excludes halogenated alkanes) is 1. The van der Waals surface area contributed by atoms with Gasteiger partial charge in [0.2, 0.25) is 10.0 Å². The van der Waals surface area contributed by atoms with E-state index < -0.39 is 10.0 Å². The number of nitrogens with one attached hydrogen (secondary N) is 1. The molecule has 1 aliphatic rings. The summed E-state index contributed by atoms with van der Waals surface area (Å²) in [5.41, 5.74) is 2.23. The molecule has 162 valence electrons. The summed E-state index contributed by atoms with van der Waals surface area (Å²) in [6, 6.07) is 10.9. The fourth-order valence-electron chi connectivity index (χ4n) is 3.55. The summed E-state index contributed by atoms with van der Waals surface area (Å²) in [6.07, 6.45) is 4.24. The Kier molecular flexibility index (Phi) is 7.88. The Morgan fingerprint density at radius 2 is 1.97 bits per heavy atom. The number of halogens is 1. The summed E-state index contributed by atoms with van der Waals surface area (Å²) in [5, 5.41) is 9.47. The van der Waals surface area contributed by atoms with Gasteiger partial charge in [0.15, 0.2) is 5.78 Å². The van der Waals surface area contributed by atoms with Crippen molar-refractivity contribution >= 4 is 27.4 Å². The Bertz CT molecular complexity index is 1010. The second-order valence-corrected chi connectivity index (χ2v) is 9.37. The molecule has 0 unspecified atom stereocenters. The summed E-state index contributed by atoms with van der Waals surface area (Å²) in [5.74, 6) is 0.215. The SMILES string of the molecule is NS(=O)(=O)c1cc(C(=O)CCCCNCCc2ccccc2Cl)cc2c1OCCC2. The van der Waals surface area contributed by atoms with Gasteiger partial charge < -0.3 is 10.1 Å². The molecular formula is C22H27ClN2O4S. The molecule has 8 heteroatoms. The number of ketones is 1. The van der Waals surface area contributed by atoms with E-state index in [0.29, 0.717) is 30.8 Å². The summed E-state index contributed by atoms with van der Waals surface area (Å²) < 4.78 is 29.4. The monoisotopic (exact) mass is 450 g/mol. The number of sulfonamides is 1. The van der Waals surface area contributed by atoms with E-state index in [2.05, 4.69) is 5.32 Å². The van der Waals surface area contributed by atoms with Crippen molar-refractivity contribution < 1.29 is 17.9 Å². The fourth-order valence-corrected chi connectivity index (χ4v) is 4.52. The first-order valence-electron chi connectivity index (χ1n) is 10.2. The van der Waals surface area contributed by atoms with Gasteiger partial charge in [-0.25, -0.2) is 13.6 Å². The minimum atomic E-state index is -3.96.